The van der Waals surface area contributed by atoms with Gasteiger partial charge in [0.15, 0.2) is 5.43 Å². The van der Waals surface area contributed by atoms with Crippen LogP contribution in [0.2, 0.25) is 0 Å². The lowest BCUT2D eigenvalue weighted by Gasteiger charge is -2.34. The van der Waals surface area contributed by atoms with E-state index < -0.39 is 0 Å². The van der Waals surface area contributed by atoms with Gasteiger partial charge in [0, 0.05) is 28.3 Å². The average molecular weight is 464 g/mol. The Morgan fingerprint density at radius 2 is 1.19 bits per heavy atom. The van der Waals surface area contributed by atoms with Crippen molar-refractivity contribution < 1.29 is 0 Å². The van der Waals surface area contributed by atoms with E-state index in [0.717, 1.165) is 27.5 Å². The molecule has 2 atom stereocenters. The number of benzene rings is 5. The molecule has 0 bridgehead atoms. The third-order valence-electron chi connectivity index (χ3n) is 7.77. The van der Waals surface area contributed by atoms with E-state index in [1.807, 2.05) is 30.3 Å². The molecule has 2 nitrogen and oxygen atoms in total. The molecule has 1 aromatic heterocycles. The van der Waals surface area contributed by atoms with Crippen LogP contribution in [-0.4, -0.2) is 4.57 Å². The van der Waals surface area contributed by atoms with Crippen LogP contribution in [0.3, 0.4) is 0 Å². The fourth-order valence-corrected chi connectivity index (χ4v) is 6.11. The lowest BCUT2D eigenvalue weighted by molar-refractivity contribution is 0.796. The molecule has 6 aromatic rings. The molecule has 2 unspecified atom stereocenters. The molecule has 1 aliphatic rings. The van der Waals surface area contributed by atoms with Gasteiger partial charge in [0.05, 0.1) is 11.0 Å². The van der Waals surface area contributed by atoms with Gasteiger partial charge in [0.1, 0.15) is 0 Å². The van der Waals surface area contributed by atoms with Crippen molar-refractivity contribution in [1.29, 1.82) is 0 Å². The van der Waals surface area contributed by atoms with Crippen LogP contribution in [-0.2, 0) is 0 Å². The van der Waals surface area contributed by atoms with E-state index in [4.69, 9.17) is 0 Å². The molecule has 0 N–H and O–H groups in total. The van der Waals surface area contributed by atoms with E-state index >= 15 is 0 Å². The quantitative estimate of drug-likeness (QED) is 0.240. The fraction of sp³-hybridized carbons (Fsp3) is 0.0882. The SMILES string of the molecule is CC1c2ccccc2C(c2ccccc2)c2cc3c(=O)c4ccccc4n(-c4ccccc4)c3cc21. The molecule has 172 valence electrons. The summed E-state index contributed by atoms with van der Waals surface area (Å²) in [6.45, 7) is 2.29. The van der Waals surface area contributed by atoms with Crippen LogP contribution < -0.4 is 5.43 Å². The zero-order chi connectivity index (χ0) is 24.2. The van der Waals surface area contributed by atoms with Crippen molar-refractivity contribution in [2.75, 3.05) is 0 Å². The molecule has 0 saturated carbocycles. The van der Waals surface area contributed by atoms with E-state index in [9.17, 15) is 4.79 Å². The largest absolute Gasteiger partial charge is 0.309 e. The van der Waals surface area contributed by atoms with Crippen LogP contribution in [0.5, 0.6) is 0 Å². The van der Waals surface area contributed by atoms with Crippen molar-refractivity contribution in [1.82, 2.24) is 4.57 Å². The Labute approximate surface area is 210 Å². The Bertz CT molecular complexity index is 1820. The smallest absolute Gasteiger partial charge is 0.197 e. The molecule has 1 aliphatic carbocycles. The van der Waals surface area contributed by atoms with Crippen molar-refractivity contribution >= 4 is 21.8 Å². The van der Waals surface area contributed by atoms with Crippen LogP contribution >= 0.6 is 0 Å². The van der Waals surface area contributed by atoms with Crippen molar-refractivity contribution in [3.63, 3.8) is 0 Å². The van der Waals surface area contributed by atoms with Crippen molar-refractivity contribution in [3.8, 4) is 5.69 Å². The second-order valence-electron chi connectivity index (χ2n) is 9.71. The van der Waals surface area contributed by atoms with Crippen LogP contribution in [0.25, 0.3) is 27.5 Å². The minimum absolute atomic E-state index is 0.0916. The molecule has 0 radical (unpaired) electrons. The van der Waals surface area contributed by atoms with Gasteiger partial charge in [-0.3, -0.25) is 4.79 Å². The summed E-state index contributed by atoms with van der Waals surface area (Å²) in [6.07, 6.45) is 0. The highest BCUT2D eigenvalue weighted by atomic mass is 16.1. The highest BCUT2D eigenvalue weighted by Crippen LogP contribution is 2.47. The van der Waals surface area contributed by atoms with E-state index in [-0.39, 0.29) is 17.3 Å². The van der Waals surface area contributed by atoms with E-state index in [1.54, 1.807) is 0 Å². The molecule has 7 rings (SSSR count). The number of nitrogens with zero attached hydrogens (tertiary/aromatic N) is 1. The monoisotopic (exact) mass is 463 g/mol. The molecule has 2 heteroatoms. The Kier molecular flexibility index (Phi) is 4.68. The number of hydrogen-bond donors (Lipinski definition) is 0. The Morgan fingerprint density at radius 3 is 1.97 bits per heavy atom. The number of pyridine rings is 1. The Balaban J connectivity index is 1.63. The van der Waals surface area contributed by atoms with Gasteiger partial charge >= 0.3 is 0 Å². The highest BCUT2D eigenvalue weighted by Gasteiger charge is 2.32. The van der Waals surface area contributed by atoms with E-state index in [2.05, 4.69) is 102 Å². The standard InChI is InChI=1S/C34H25NO/c1-22-25-16-8-9-17-26(25)33(23-12-4-2-5-13-23)29-20-30-32(21-28(22)29)35(24-14-6-3-7-15-24)31-19-11-10-18-27(31)34(30)36/h2-22,33H,1H3. The molecule has 5 aromatic carbocycles. The Morgan fingerprint density at radius 1 is 0.556 bits per heavy atom. The summed E-state index contributed by atoms with van der Waals surface area (Å²) in [6, 6.07) is 42.2. The first-order valence-electron chi connectivity index (χ1n) is 12.5. The zero-order valence-corrected chi connectivity index (χ0v) is 20.1. The maximum atomic E-state index is 13.9. The lowest BCUT2D eigenvalue weighted by Crippen LogP contribution is -2.19. The number of para-hydroxylation sites is 2. The van der Waals surface area contributed by atoms with E-state index in [1.165, 1.54) is 27.8 Å². The highest BCUT2D eigenvalue weighted by molar-refractivity contribution is 5.96. The first-order chi connectivity index (χ1) is 17.7. The molecular weight excluding hydrogens is 438 g/mol. The molecule has 1 heterocycles. The molecule has 0 spiro atoms. The van der Waals surface area contributed by atoms with Crippen molar-refractivity contribution in [2.24, 2.45) is 0 Å². The number of fused-ring (bicyclic) bond motifs is 4. The summed E-state index contributed by atoms with van der Waals surface area (Å²) in [5, 5.41) is 1.51. The van der Waals surface area contributed by atoms with Crippen molar-refractivity contribution in [2.45, 2.75) is 18.8 Å². The second-order valence-corrected chi connectivity index (χ2v) is 9.71. The third-order valence-corrected chi connectivity index (χ3v) is 7.77. The van der Waals surface area contributed by atoms with Crippen molar-refractivity contribution in [3.05, 3.63) is 159 Å². The zero-order valence-electron chi connectivity index (χ0n) is 20.1. The van der Waals surface area contributed by atoms with Crippen LogP contribution in [0.15, 0.2) is 126 Å². The maximum absolute atomic E-state index is 13.9. The van der Waals surface area contributed by atoms with Gasteiger partial charge in [-0.25, -0.2) is 0 Å². The first-order valence-corrected chi connectivity index (χ1v) is 12.5. The topological polar surface area (TPSA) is 22.0 Å². The van der Waals surface area contributed by atoms with Gasteiger partial charge in [0.2, 0.25) is 0 Å². The average Bonchev–Trinajstić information content (AvgIpc) is 2.94. The Hall–Kier alpha value is -4.43. The minimum atomic E-state index is 0.0916. The normalized spacial score (nSPS) is 16.6. The summed E-state index contributed by atoms with van der Waals surface area (Å²) in [4.78, 5) is 13.9. The number of rotatable bonds is 2. The summed E-state index contributed by atoms with van der Waals surface area (Å²) in [7, 11) is 0. The van der Waals surface area contributed by atoms with Crippen LogP contribution in [0.1, 0.15) is 46.6 Å². The van der Waals surface area contributed by atoms with Gasteiger partial charge in [-0.2, -0.15) is 0 Å². The number of aromatic nitrogens is 1. The molecular formula is C34H25NO. The van der Waals surface area contributed by atoms with Gasteiger partial charge in [-0.15, -0.1) is 0 Å². The molecule has 0 saturated heterocycles. The van der Waals surface area contributed by atoms with Gasteiger partial charge < -0.3 is 4.57 Å². The molecule has 0 amide bonds. The van der Waals surface area contributed by atoms with E-state index in [0.29, 0.717) is 0 Å². The fourth-order valence-electron chi connectivity index (χ4n) is 6.11. The van der Waals surface area contributed by atoms with Gasteiger partial charge in [-0.1, -0.05) is 91.9 Å². The summed E-state index contributed by atoms with van der Waals surface area (Å²) in [5.41, 5.74) is 9.49. The maximum Gasteiger partial charge on any atom is 0.197 e. The predicted molar refractivity (Wildman–Crippen MR) is 148 cm³/mol. The molecule has 0 fully saturated rings. The predicted octanol–water partition coefficient (Wildman–Crippen LogP) is 7.79. The molecule has 0 aliphatic heterocycles. The number of hydrogen-bond acceptors (Lipinski definition) is 1. The summed E-state index contributed by atoms with van der Waals surface area (Å²) >= 11 is 0. The third kappa shape index (κ3) is 3.01. The second kappa shape index (κ2) is 8.07. The summed E-state index contributed by atoms with van der Waals surface area (Å²) < 4.78 is 2.25. The first kappa shape index (κ1) is 20.9. The van der Waals surface area contributed by atoms with Gasteiger partial charge in [-0.05, 0) is 64.2 Å². The lowest BCUT2D eigenvalue weighted by atomic mass is 9.70. The van der Waals surface area contributed by atoms with Crippen LogP contribution in [0, 0.1) is 0 Å². The van der Waals surface area contributed by atoms with Gasteiger partial charge in [0.25, 0.3) is 0 Å². The van der Waals surface area contributed by atoms with Crippen LogP contribution in [0.4, 0.5) is 0 Å². The minimum Gasteiger partial charge on any atom is -0.309 e. The summed E-state index contributed by atoms with van der Waals surface area (Å²) in [5.74, 6) is 0.320. The molecule has 36 heavy (non-hydrogen) atoms.